The van der Waals surface area contributed by atoms with Gasteiger partial charge < -0.3 is 14.4 Å². The van der Waals surface area contributed by atoms with Crippen molar-refractivity contribution >= 4 is 5.97 Å². The molecule has 1 fully saturated rings. The summed E-state index contributed by atoms with van der Waals surface area (Å²) in [6, 6.07) is 9.74. The van der Waals surface area contributed by atoms with Crippen molar-refractivity contribution in [3.05, 3.63) is 64.2 Å². The van der Waals surface area contributed by atoms with E-state index in [2.05, 4.69) is 21.9 Å². The number of ether oxygens (including phenoxy) is 2. The first-order valence-corrected chi connectivity index (χ1v) is 13.0. The molecule has 1 aliphatic heterocycles. The van der Waals surface area contributed by atoms with Crippen molar-refractivity contribution < 1.29 is 27.4 Å². The Morgan fingerprint density at radius 1 is 0.919 bits per heavy atom. The van der Waals surface area contributed by atoms with Gasteiger partial charge >= 0.3 is 12.1 Å². The fourth-order valence-electron chi connectivity index (χ4n) is 4.69. The van der Waals surface area contributed by atoms with E-state index in [-0.39, 0.29) is 5.97 Å². The Hall–Kier alpha value is -2.58. The number of hydrogen-bond donors (Lipinski definition) is 0. The molecule has 0 atom stereocenters. The SMILES string of the molecule is CCOC(=O)C(C)(C)Oc1c(C)cc(CN2CCN(CCCc3ccc(C(F)(F)F)cc3)CC2)cc1C. The van der Waals surface area contributed by atoms with E-state index >= 15 is 0 Å². The smallest absolute Gasteiger partial charge is 0.416 e. The van der Waals surface area contributed by atoms with Gasteiger partial charge in [-0.1, -0.05) is 24.3 Å². The van der Waals surface area contributed by atoms with Crippen LogP contribution in [0.5, 0.6) is 5.75 Å². The van der Waals surface area contributed by atoms with Gasteiger partial charge in [0.05, 0.1) is 12.2 Å². The Kier molecular flexibility index (Phi) is 9.64. The first kappa shape index (κ1) is 29.0. The average Bonchev–Trinajstić information content (AvgIpc) is 2.82. The summed E-state index contributed by atoms with van der Waals surface area (Å²) in [5.74, 6) is 0.342. The number of aryl methyl sites for hydroxylation is 3. The van der Waals surface area contributed by atoms with Gasteiger partial charge in [0.2, 0.25) is 0 Å². The van der Waals surface area contributed by atoms with Crippen LogP contribution in [0.25, 0.3) is 0 Å². The molecular weight excluding hydrogens is 481 g/mol. The summed E-state index contributed by atoms with van der Waals surface area (Å²) in [5.41, 5.74) is 2.49. The van der Waals surface area contributed by atoms with E-state index in [4.69, 9.17) is 9.47 Å². The Morgan fingerprint density at radius 3 is 2.03 bits per heavy atom. The lowest BCUT2D eigenvalue weighted by Gasteiger charge is -2.35. The molecule has 37 heavy (non-hydrogen) atoms. The van der Waals surface area contributed by atoms with E-state index < -0.39 is 17.3 Å². The molecule has 1 heterocycles. The second-order valence-corrected chi connectivity index (χ2v) is 10.3. The highest BCUT2D eigenvalue weighted by molar-refractivity contribution is 5.79. The third-order valence-electron chi connectivity index (χ3n) is 6.74. The molecule has 0 unspecified atom stereocenters. The lowest BCUT2D eigenvalue weighted by molar-refractivity contribution is -0.158. The molecule has 0 N–H and O–H groups in total. The number of carbonyl (C=O) groups is 1. The van der Waals surface area contributed by atoms with Crippen LogP contribution < -0.4 is 4.74 Å². The molecule has 0 bridgehead atoms. The summed E-state index contributed by atoms with van der Waals surface area (Å²) >= 11 is 0. The maximum absolute atomic E-state index is 12.7. The highest BCUT2D eigenvalue weighted by Crippen LogP contribution is 2.30. The summed E-state index contributed by atoms with van der Waals surface area (Å²) in [6.45, 7) is 15.2. The first-order valence-electron chi connectivity index (χ1n) is 13.0. The zero-order chi connectivity index (χ0) is 27.2. The van der Waals surface area contributed by atoms with Crippen LogP contribution in [0.2, 0.25) is 0 Å². The molecule has 3 rings (SSSR count). The quantitative estimate of drug-likeness (QED) is 0.371. The van der Waals surface area contributed by atoms with E-state index in [9.17, 15) is 18.0 Å². The van der Waals surface area contributed by atoms with E-state index in [1.807, 2.05) is 13.8 Å². The van der Waals surface area contributed by atoms with E-state index in [0.717, 1.165) is 86.7 Å². The highest BCUT2D eigenvalue weighted by Gasteiger charge is 2.33. The monoisotopic (exact) mass is 520 g/mol. The van der Waals surface area contributed by atoms with Crippen molar-refractivity contribution in [2.75, 3.05) is 39.3 Å². The van der Waals surface area contributed by atoms with Crippen LogP contribution in [0.4, 0.5) is 13.2 Å². The van der Waals surface area contributed by atoms with Crippen LogP contribution in [-0.2, 0) is 28.7 Å². The number of piperazine rings is 1. The molecule has 0 saturated carbocycles. The van der Waals surface area contributed by atoms with Crippen molar-refractivity contribution in [2.45, 2.75) is 65.8 Å². The zero-order valence-corrected chi connectivity index (χ0v) is 22.6. The molecule has 0 aliphatic carbocycles. The van der Waals surface area contributed by atoms with Crippen LogP contribution in [0, 0.1) is 13.8 Å². The predicted molar refractivity (Wildman–Crippen MR) is 139 cm³/mol. The van der Waals surface area contributed by atoms with Gasteiger partial charge in [0.1, 0.15) is 5.75 Å². The number of nitrogens with zero attached hydrogens (tertiary/aromatic N) is 2. The predicted octanol–water partition coefficient (Wildman–Crippen LogP) is 5.79. The molecule has 0 aromatic heterocycles. The fourth-order valence-corrected chi connectivity index (χ4v) is 4.69. The standard InChI is InChI=1S/C29H39F3N2O3/c1-6-36-27(35)28(4,5)37-26-21(2)18-24(19-22(26)3)20-34-16-14-33(15-17-34)13-7-8-23-9-11-25(12-10-23)29(30,31)32/h9-12,18-19H,6-8,13-17,20H2,1-5H3. The Morgan fingerprint density at radius 2 is 1.49 bits per heavy atom. The van der Waals surface area contributed by atoms with Gasteiger partial charge in [-0.05, 0) is 88.4 Å². The molecule has 0 radical (unpaired) electrons. The molecular formula is C29H39F3N2O3. The summed E-state index contributed by atoms with van der Waals surface area (Å²) in [7, 11) is 0. The third kappa shape index (κ3) is 8.20. The van der Waals surface area contributed by atoms with Crippen LogP contribution in [0.1, 0.15) is 55.0 Å². The Bertz CT molecular complexity index is 1020. The Balaban J connectivity index is 1.46. The third-order valence-corrected chi connectivity index (χ3v) is 6.74. The van der Waals surface area contributed by atoms with Crippen LogP contribution >= 0.6 is 0 Å². The van der Waals surface area contributed by atoms with Gasteiger partial charge in [-0.3, -0.25) is 4.90 Å². The minimum atomic E-state index is -4.29. The van der Waals surface area contributed by atoms with Crippen LogP contribution in [0.3, 0.4) is 0 Å². The second kappa shape index (κ2) is 12.3. The topological polar surface area (TPSA) is 42.0 Å². The Labute approximate surface area is 218 Å². The van der Waals surface area contributed by atoms with Crippen molar-refractivity contribution in [2.24, 2.45) is 0 Å². The maximum atomic E-state index is 12.7. The lowest BCUT2D eigenvalue weighted by atomic mass is 10.0. The normalized spacial score (nSPS) is 15.6. The largest absolute Gasteiger partial charge is 0.476 e. The number of alkyl halides is 3. The van der Waals surface area contributed by atoms with Crippen LogP contribution in [-0.4, -0.2) is 60.7 Å². The van der Waals surface area contributed by atoms with Gasteiger partial charge in [0, 0.05) is 32.7 Å². The molecule has 204 valence electrons. The minimum Gasteiger partial charge on any atom is -0.476 e. The fraction of sp³-hybridized carbons (Fsp3) is 0.552. The highest BCUT2D eigenvalue weighted by atomic mass is 19.4. The number of carbonyl (C=O) groups excluding carboxylic acids is 1. The number of hydrogen-bond acceptors (Lipinski definition) is 5. The number of rotatable bonds is 10. The van der Waals surface area contributed by atoms with Crippen molar-refractivity contribution in [1.82, 2.24) is 9.80 Å². The molecule has 8 heteroatoms. The molecule has 1 saturated heterocycles. The lowest BCUT2D eigenvalue weighted by Crippen LogP contribution is -2.46. The molecule has 1 aliphatic rings. The molecule has 0 amide bonds. The summed E-state index contributed by atoms with van der Waals surface area (Å²) in [6.07, 6.45) is -2.59. The number of halogens is 3. The van der Waals surface area contributed by atoms with E-state index in [1.165, 1.54) is 5.56 Å². The maximum Gasteiger partial charge on any atom is 0.416 e. The van der Waals surface area contributed by atoms with E-state index in [0.29, 0.717) is 6.61 Å². The number of esters is 1. The first-order chi connectivity index (χ1) is 17.4. The minimum absolute atomic E-state index is 0.314. The summed E-state index contributed by atoms with van der Waals surface area (Å²) in [5, 5.41) is 0. The van der Waals surface area contributed by atoms with Gasteiger partial charge in [0.15, 0.2) is 5.60 Å². The molecule has 2 aromatic carbocycles. The van der Waals surface area contributed by atoms with E-state index in [1.54, 1.807) is 32.9 Å². The molecule has 2 aromatic rings. The second-order valence-electron chi connectivity index (χ2n) is 10.3. The summed E-state index contributed by atoms with van der Waals surface area (Å²) in [4.78, 5) is 17.1. The molecule has 5 nitrogen and oxygen atoms in total. The van der Waals surface area contributed by atoms with Crippen molar-refractivity contribution in [3.8, 4) is 5.75 Å². The zero-order valence-electron chi connectivity index (χ0n) is 22.6. The van der Waals surface area contributed by atoms with Crippen molar-refractivity contribution in [3.63, 3.8) is 0 Å². The van der Waals surface area contributed by atoms with Crippen molar-refractivity contribution in [1.29, 1.82) is 0 Å². The summed E-state index contributed by atoms with van der Waals surface area (Å²) < 4.78 is 49.4. The van der Waals surface area contributed by atoms with Gasteiger partial charge in [-0.25, -0.2) is 4.79 Å². The molecule has 0 spiro atoms. The number of benzene rings is 2. The average molecular weight is 521 g/mol. The van der Waals surface area contributed by atoms with Gasteiger partial charge in [-0.15, -0.1) is 0 Å². The van der Waals surface area contributed by atoms with Crippen LogP contribution in [0.15, 0.2) is 36.4 Å². The van der Waals surface area contributed by atoms with Gasteiger partial charge in [-0.2, -0.15) is 13.2 Å². The van der Waals surface area contributed by atoms with Gasteiger partial charge in [0.25, 0.3) is 0 Å².